The van der Waals surface area contributed by atoms with Crippen LogP contribution in [0.3, 0.4) is 0 Å². The number of hydrogen-bond acceptors (Lipinski definition) is 20. The smallest absolute Gasteiger partial charge is 0.330 e. The van der Waals surface area contributed by atoms with Crippen molar-refractivity contribution in [3.05, 3.63) is 79.7 Å². The van der Waals surface area contributed by atoms with Gasteiger partial charge in [0.05, 0.1) is 11.2 Å². The molecule has 4 fully saturated rings. The summed E-state index contributed by atoms with van der Waals surface area (Å²) in [5.41, 5.74) is -12.8. The third-order valence-electron chi connectivity index (χ3n) is 20.8. The van der Waals surface area contributed by atoms with Crippen LogP contribution in [0.2, 0.25) is 0 Å². The lowest BCUT2D eigenvalue weighted by molar-refractivity contribution is -0.228. The third kappa shape index (κ3) is 9.32. The Bertz CT molecular complexity index is 3250. The lowest BCUT2D eigenvalue weighted by Crippen LogP contribution is -2.66. The minimum atomic E-state index is -2.13. The number of carbonyl (C=O) groups is 8. The maximum atomic E-state index is 14.0. The van der Waals surface area contributed by atoms with Crippen molar-refractivity contribution in [2.45, 2.75) is 193 Å². The van der Waals surface area contributed by atoms with Crippen LogP contribution >= 0.6 is 0 Å². The van der Waals surface area contributed by atoms with Gasteiger partial charge >= 0.3 is 41.5 Å². The Balaban J connectivity index is 0.849. The van der Waals surface area contributed by atoms with Crippen LogP contribution in [0.1, 0.15) is 134 Å². The van der Waals surface area contributed by atoms with Gasteiger partial charge in [0.2, 0.25) is 0 Å². The molecule has 1 aromatic rings. The number of nitrogens with zero attached hydrogens (tertiary/aromatic N) is 2. The molecule has 0 aliphatic heterocycles. The summed E-state index contributed by atoms with van der Waals surface area (Å²) in [7, 11) is 0. The van der Waals surface area contributed by atoms with Gasteiger partial charge in [0.25, 0.3) is 5.56 Å². The van der Waals surface area contributed by atoms with Gasteiger partial charge in [-0.1, -0.05) is 65.8 Å². The number of rotatable bonds is 18. The largest absolute Gasteiger partial charge is 0.461 e. The van der Waals surface area contributed by atoms with E-state index in [1.54, 1.807) is 45.9 Å². The first-order valence-electron chi connectivity index (χ1n) is 29.1. The number of hydrogen-bond donors (Lipinski definition) is 4. The van der Waals surface area contributed by atoms with E-state index in [0.717, 1.165) is 4.57 Å². The molecule has 84 heavy (non-hydrogen) atoms. The van der Waals surface area contributed by atoms with Gasteiger partial charge < -0.3 is 53.4 Å². The maximum Gasteiger partial charge on any atom is 0.330 e. The fourth-order valence-corrected chi connectivity index (χ4v) is 16.9. The highest BCUT2D eigenvalue weighted by Crippen LogP contribution is 2.79. The van der Waals surface area contributed by atoms with Crippen LogP contribution in [0.4, 0.5) is 0 Å². The van der Waals surface area contributed by atoms with E-state index in [0.29, 0.717) is 11.1 Å². The van der Waals surface area contributed by atoms with Crippen LogP contribution in [0.25, 0.3) is 0 Å². The van der Waals surface area contributed by atoms with Crippen LogP contribution in [-0.2, 0) is 79.9 Å². The zero-order valence-corrected chi connectivity index (χ0v) is 49.9. The molecule has 4 saturated carbocycles. The van der Waals surface area contributed by atoms with Gasteiger partial charge in [-0.25, -0.2) is 4.79 Å². The fourth-order valence-electron chi connectivity index (χ4n) is 16.9. The van der Waals surface area contributed by atoms with Crippen molar-refractivity contribution in [2.24, 2.45) is 58.2 Å². The molecule has 8 aliphatic rings. The Hall–Kier alpha value is -6.36. The van der Waals surface area contributed by atoms with Crippen molar-refractivity contribution in [1.29, 1.82) is 0 Å². The standard InChI is InChI=1S/C62H80N2O20/c1-31-23-43-57(75,50(31)72)27-39(29-79-35(5)65)25-41-48-55(9,10)61(48,83-37(7)67)52(33(3)59(41,43)77)81-46(70)17-13-15-20-63-22-19-45(69)64(54(63)74)21-16-14-18-47(71)82-53-34(4)60(78)42(49-56(11,12)62(49,53)84-38(8)68)26-40(30-80-36(6)66)28-58(76)44(60)24-32(2)51(58)73/h19,22-26,33-34,41-44,48-49,52-53,75-78H,13-18,20-21,27-30H2,1-12H3/t33-,34-,41+,42+,43-,44-,48-,49-,52-,53-,57-,58-,59-,60-,61-,62-/m1/s1. The molecular weight excluding hydrogens is 1090 g/mol. The number of aliphatic hydroxyl groups is 4. The summed E-state index contributed by atoms with van der Waals surface area (Å²) in [6.45, 7) is 18.1. The van der Waals surface area contributed by atoms with E-state index in [1.165, 1.54) is 50.6 Å². The Morgan fingerprint density at radius 3 is 1.35 bits per heavy atom. The van der Waals surface area contributed by atoms with E-state index in [-0.39, 0.29) is 88.8 Å². The van der Waals surface area contributed by atoms with Crippen molar-refractivity contribution in [2.75, 3.05) is 13.2 Å². The number of carbonyl (C=O) groups excluding carboxylic acids is 8. The minimum absolute atomic E-state index is 0.0763. The molecule has 0 aromatic carbocycles. The van der Waals surface area contributed by atoms with Crippen LogP contribution in [0.15, 0.2) is 68.4 Å². The number of aromatic nitrogens is 2. The highest BCUT2D eigenvalue weighted by Gasteiger charge is 2.89. The summed E-state index contributed by atoms with van der Waals surface area (Å²) in [4.78, 5) is 132. The van der Waals surface area contributed by atoms with Crippen molar-refractivity contribution in [3.8, 4) is 0 Å². The van der Waals surface area contributed by atoms with E-state index in [9.17, 15) is 68.4 Å². The number of esters is 6. The van der Waals surface area contributed by atoms with Gasteiger partial charge in [-0.2, -0.15) is 0 Å². The fraction of sp³-hybridized carbons (Fsp3) is 0.677. The number of Topliss-reactive ketones (excluding diaryl/α,β-unsaturated/α-hetero) is 2. The van der Waals surface area contributed by atoms with Crippen molar-refractivity contribution in [1.82, 2.24) is 9.13 Å². The van der Waals surface area contributed by atoms with Crippen LogP contribution < -0.4 is 11.2 Å². The number of ketones is 2. The second-order valence-corrected chi connectivity index (χ2v) is 26.3. The average molecular weight is 1170 g/mol. The predicted molar refractivity (Wildman–Crippen MR) is 294 cm³/mol. The summed E-state index contributed by atoms with van der Waals surface area (Å²) < 4.78 is 37.8. The lowest BCUT2D eigenvalue weighted by Gasteiger charge is -2.53. The number of fused-ring (bicyclic) bond motifs is 10. The molecule has 0 spiro atoms. The minimum Gasteiger partial charge on any atom is -0.461 e. The molecule has 458 valence electrons. The Morgan fingerprint density at radius 2 is 0.964 bits per heavy atom. The molecule has 0 unspecified atom stereocenters. The molecule has 9 rings (SSSR count). The number of aryl methyl sites for hydroxylation is 1. The van der Waals surface area contributed by atoms with Gasteiger partial charge in [0, 0.05) is 137 Å². The SMILES string of the molecule is CC(=O)OCC1=C[C@H]2[C@@H]3C(C)(C)[C@]3(OC(C)=O)[C@H](OC(=O)CCCCn3ccc(=O)n(CCCCC(=O)O[C@@H]4[C@@H](C)[C@@]5(O)[C@@H](C=C(COC(C)=O)C[C@]6(O)C(=O)C(C)=C[C@@H]56)[C@@H]5C(C)(C)[C@]45OC(C)=O)c3=O)[C@@H](C)[C@]2(O)[C@@H]2C=C(C)C(=O)[C@@]2(O)C1. The van der Waals surface area contributed by atoms with Crippen molar-refractivity contribution >= 4 is 47.4 Å². The van der Waals surface area contributed by atoms with Crippen LogP contribution in [0, 0.1) is 58.2 Å². The first-order chi connectivity index (χ1) is 39.0. The van der Waals surface area contributed by atoms with Crippen LogP contribution in [0.5, 0.6) is 0 Å². The summed E-state index contributed by atoms with van der Waals surface area (Å²) in [6, 6.07) is 1.23. The zero-order valence-electron chi connectivity index (χ0n) is 49.9. The Labute approximate surface area is 486 Å². The van der Waals surface area contributed by atoms with Gasteiger partial charge in [-0.05, 0) is 61.8 Å². The Morgan fingerprint density at radius 1 is 0.571 bits per heavy atom. The van der Waals surface area contributed by atoms with E-state index in [1.807, 2.05) is 27.7 Å². The molecule has 0 bridgehead atoms. The lowest BCUT2D eigenvalue weighted by atomic mass is 9.59. The van der Waals surface area contributed by atoms with Gasteiger partial charge in [-0.3, -0.25) is 47.7 Å². The maximum absolute atomic E-state index is 14.0. The van der Waals surface area contributed by atoms with Gasteiger partial charge in [0.1, 0.15) is 36.6 Å². The van der Waals surface area contributed by atoms with Crippen molar-refractivity contribution < 1.29 is 87.2 Å². The highest BCUT2D eigenvalue weighted by molar-refractivity contribution is 6.05. The van der Waals surface area contributed by atoms with E-state index in [2.05, 4.69) is 0 Å². The number of ether oxygens (including phenoxy) is 6. The van der Waals surface area contributed by atoms with E-state index >= 15 is 0 Å². The Kier molecular flexibility index (Phi) is 15.7. The summed E-state index contributed by atoms with van der Waals surface area (Å²) in [5.74, 6) is -12.6. The molecule has 1 heterocycles. The summed E-state index contributed by atoms with van der Waals surface area (Å²) in [6.07, 6.45) is 5.27. The predicted octanol–water partition coefficient (Wildman–Crippen LogP) is 3.62. The highest BCUT2D eigenvalue weighted by atomic mass is 16.6. The topological polar surface area (TPSA) is 317 Å². The first-order valence-corrected chi connectivity index (χ1v) is 29.1. The van der Waals surface area contributed by atoms with Crippen molar-refractivity contribution in [3.63, 3.8) is 0 Å². The molecular formula is C62H80N2O20. The normalized spacial score (nSPS) is 37.9. The zero-order chi connectivity index (χ0) is 62.0. The molecule has 22 nitrogen and oxygen atoms in total. The molecule has 0 radical (unpaired) electrons. The second-order valence-electron chi connectivity index (χ2n) is 26.3. The van der Waals surface area contributed by atoms with Gasteiger partial charge in [-0.15, -0.1) is 0 Å². The molecule has 0 amide bonds. The molecule has 1 aromatic heterocycles. The van der Waals surface area contributed by atoms with Crippen LogP contribution in [-0.4, -0.2) is 136 Å². The molecule has 8 aliphatic carbocycles. The first kappa shape index (κ1) is 62.2. The van der Waals surface area contributed by atoms with E-state index < -0.39 is 163 Å². The number of unbranched alkanes of at least 4 members (excludes halogenated alkanes) is 2. The molecule has 16 atom stereocenters. The second kappa shape index (κ2) is 21.3. The van der Waals surface area contributed by atoms with E-state index in [4.69, 9.17) is 28.4 Å². The third-order valence-corrected chi connectivity index (χ3v) is 20.8. The summed E-state index contributed by atoms with van der Waals surface area (Å²) >= 11 is 0. The summed E-state index contributed by atoms with van der Waals surface area (Å²) in [5, 5.41) is 50.7. The average Bonchev–Trinajstić information content (AvgIpc) is 1.48. The van der Waals surface area contributed by atoms with Gasteiger partial charge in [0.15, 0.2) is 22.8 Å². The monoisotopic (exact) mass is 1170 g/mol. The quantitative estimate of drug-likeness (QED) is 0.0706. The molecule has 4 N–H and O–H groups in total. The molecule has 22 heteroatoms. The molecule has 0 saturated heterocycles.